The van der Waals surface area contributed by atoms with E-state index in [4.69, 9.17) is 28.3 Å². The molecule has 100 valence electrons. The van der Waals surface area contributed by atoms with Gasteiger partial charge >= 0.3 is 0 Å². The molecule has 0 fully saturated rings. The Morgan fingerprint density at radius 2 is 2.06 bits per heavy atom. The van der Waals surface area contributed by atoms with E-state index in [2.05, 4.69) is 5.32 Å². The van der Waals surface area contributed by atoms with E-state index in [9.17, 15) is 4.79 Å². The summed E-state index contributed by atoms with van der Waals surface area (Å²) >= 11 is 11.7. The molecular formula is C13H17Cl2NO2. The molecule has 0 saturated carbocycles. The number of nitrogens with one attached hydrogen (secondary N) is 1. The zero-order chi connectivity index (χ0) is 13.8. The maximum absolute atomic E-state index is 11.9. The molecule has 0 bridgehead atoms. The second-order valence-corrected chi connectivity index (χ2v) is 5.79. The Balaban J connectivity index is 2.66. The lowest BCUT2D eigenvalue weighted by Crippen LogP contribution is -2.34. The van der Waals surface area contributed by atoms with Gasteiger partial charge in [-0.1, -0.05) is 37.0 Å². The van der Waals surface area contributed by atoms with Gasteiger partial charge in [-0.2, -0.15) is 0 Å². The summed E-state index contributed by atoms with van der Waals surface area (Å²) in [6, 6.07) is 4.76. The number of rotatable bonds is 5. The number of aliphatic hydroxyl groups is 1. The van der Waals surface area contributed by atoms with Crippen molar-refractivity contribution >= 4 is 29.1 Å². The van der Waals surface area contributed by atoms with Gasteiger partial charge in [-0.25, -0.2) is 0 Å². The van der Waals surface area contributed by atoms with Crippen LogP contribution in [0.4, 0.5) is 0 Å². The fraction of sp³-hybridized carbons (Fsp3) is 0.462. The fourth-order valence-electron chi connectivity index (χ4n) is 1.48. The van der Waals surface area contributed by atoms with E-state index in [0.29, 0.717) is 28.6 Å². The van der Waals surface area contributed by atoms with Crippen LogP contribution in [-0.4, -0.2) is 24.2 Å². The highest BCUT2D eigenvalue weighted by atomic mass is 35.5. The van der Waals surface area contributed by atoms with Crippen LogP contribution < -0.4 is 5.32 Å². The maximum atomic E-state index is 11.9. The van der Waals surface area contributed by atoms with Crippen molar-refractivity contribution in [2.24, 2.45) is 5.41 Å². The van der Waals surface area contributed by atoms with E-state index in [-0.39, 0.29) is 17.9 Å². The summed E-state index contributed by atoms with van der Waals surface area (Å²) < 4.78 is 0. The van der Waals surface area contributed by atoms with Crippen molar-refractivity contribution in [1.29, 1.82) is 0 Å². The second kappa shape index (κ2) is 6.41. The van der Waals surface area contributed by atoms with Crippen molar-refractivity contribution in [3.05, 3.63) is 33.8 Å². The maximum Gasteiger partial charge on any atom is 0.252 e. The molecular weight excluding hydrogens is 273 g/mol. The minimum atomic E-state index is -0.234. The third-order valence-corrected chi connectivity index (χ3v) is 3.24. The van der Waals surface area contributed by atoms with E-state index in [0.717, 1.165) is 0 Å². The Morgan fingerprint density at radius 3 is 2.61 bits per heavy atom. The van der Waals surface area contributed by atoms with Gasteiger partial charge in [0.25, 0.3) is 5.91 Å². The van der Waals surface area contributed by atoms with Gasteiger partial charge in [0.05, 0.1) is 10.6 Å². The number of carbonyl (C=O) groups excluding carboxylic acids is 1. The molecule has 5 heteroatoms. The lowest BCUT2D eigenvalue weighted by atomic mass is 9.89. The molecule has 0 aromatic heterocycles. The summed E-state index contributed by atoms with van der Waals surface area (Å²) in [7, 11) is 0. The Hall–Kier alpha value is -0.770. The predicted octanol–water partition coefficient (Wildman–Crippen LogP) is 3.13. The number of aliphatic hydroxyl groups excluding tert-OH is 1. The average molecular weight is 290 g/mol. The third-order valence-electron chi connectivity index (χ3n) is 2.69. The number of halogens is 2. The highest BCUT2D eigenvalue weighted by molar-refractivity contribution is 6.36. The van der Waals surface area contributed by atoms with Gasteiger partial charge in [0.15, 0.2) is 0 Å². The average Bonchev–Trinajstić information content (AvgIpc) is 2.26. The molecule has 0 spiro atoms. The van der Waals surface area contributed by atoms with Gasteiger partial charge in [0, 0.05) is 18.2 Å². The van der Waals surface area contributed by atoms with Crippen molar-refractivity contribution in [3.8, 4) is 0 Å². The van der Waals surface area contributed by atoms with Crippen LogP contribution in [-0.2, 0) is 0 Å². The highest BCUT2D eigenvalue weighted by Crippen LogP contribution is 2.22. The quantitative estimate of drug-likeness (QED) is 0.875. The summed E-state index contributed by atoms with van der Waals surface area (Å²) in [4.78, 5) is 11.9. The highest BCUT2D eigenvalue weighted by Gasteiger charge is 2.19. The van der Waals surface area contributed by atoms with Crippen LogP contribution in [0.3, 0.4) is 0 Å². The van der Waals surface area contributed by atoms with Crippen molar-refractivity contribution in [3.63, 3.8) is 0 Å². The molecule has 1 amide bonds. The molecule has 0 radical (unpaired) electrons. The molecule has 1 rings (SSSR count). The van der Waals surface area contributed by atoms with Gasteiger partial charge in [-0.05, 0) is 30.0 Å². The van der Waals surface area contributed by atoms with Crippen molar-refractivity contribution in [2.45, 2.75) is 20.3 Å². The SMILES string of the molecule is CC(C)(CCO)CNC(=O)c1ccc(Cl)cc1Cl. The summed E-state index contributed by atoms with van der Waals surface area (Å²) in [5, 5.41) is 12.5. The summed E-state index contributed by atoms with van der Waals surface area (Å²) in [6.07, 6.45) is 0.627. The smallest absolute Gasteiger partial charge is 0.252 e. The topological polar surface area (TPSA) is 49.3 Å². The molecule has 1 aromatic carbocycles. The number of amides is 1. The minimum absolute atomic E-state index is 0.102. The standard InChI is InChI=1S/C13H17Cl2NO2/c1-13(2,5-6-17)8-16-12(18)10-4-3-9(14)7-11(10)15/h3-4,7,17H,5-6,8H2,1-2H3,(H,16,18). The van der Waals surface area contributed by atoms with Gasteiger partial charge in [0.1, 0.15) is 0 Å². The van der Waals surface area contributed by atoms with Gasteiger partial charge < -0.3 is 10.4 Å². The zero-order valence-electron chi connectivity index (χ0n) is 10.5. The molecule has 1 aromatic rings. The number of hydrogen-bond donors (Lipinski definition) is 2. The molecule has 3 nitrogen and oxygen atoms in total. The first-order valence-electron chi connectivity index (χ1n) is 5.70. The van der Waals surface area contributed by atoms with E-state index in [1.54, 1.807) is 12.1 Å². The second-order valence-electron chi connectivity index (χ2n) is 4.94. The molecule has 0 heterocycles. The molecule has 0 atom stereocenters. The molecule has 0 aliphatic heterocycles. The van der Waals surface area contributed by atoms with Gasteiger partial charge in [0.2, 0.25) is 0 Å². The lowest BCUT2D eigenvalue weighted by molar-refractivity contribution is 0.0928. The lowest BCUT2D eigenvalue weighted by Gasteiger charge is -2.23. The van der Waals surface area contributed by atoms with Crippen LogP contribution in [0.5, 0.6) is 0 Å². The van der Waals surface area contributed by atoms with Crippen molar-refractivity contribution < 1.29 is 9.90 Å². The fourth-order valence-corrected chi connectivity index (χ4v) is 1.97. The number of carbonyl (C=O) groups is 1. The van der Waals surface area contributed by atoms with Crippen LogP contribution in [0.15, 0.2) is 18.2 Å². The Kier molecular flexibility index (Phi) is 5.45. The van der Waals surface area contributed by atoms with Crippen LogP contribution in [0.25, 0.3) is 0 Å². The first-order valence-corrected chi connectivity index (χ1v) is 6.45. The van der Waals surface area contributed by atoms with E-state index in [1.807, 2.05) is 13.8 Å². The minimum Gasteiger partial charge on any atom is -0.396 e. The van der Waals surface area contributed by atoms with Crippen molar-refractivity contribution in [2.75, 3.05) is 13.2 Å². The van der Waals surface area contributed by atoms with Crippen molar-refractivity contribution in [1.82, 2.24) is 5.32 Å². The molecule has 0 aliphatic carbocycles. The van der Waals surface area contributed by atoms with E-state index >= 15 is 0 Å². The normalized spacial score (nSPS) is 11.4. The summed E-state index contributed by atoms with van der Waals surface area (Å²) in [5.41, 5.74) is 0.254. The van der Waals surface area contributed by atoms with Crippen LogP contribution in [0.2, 0.25) is 10.0 Å². The molecule has 0 saturated heterocycles. The first kappa shape index (κ1) is 15.3. The Morgan fingerprint density at radius 1 is 1.39 bits per heavy atom. The van der Waals surface area contributed by atoms with Crippen LogP contribution in [0.1, 0.15) is 30.6 Å². The number of benzene rings is 1. The van der Waals surface area contributed by atoms with E-state index < -0.39 is 0 Å². The number of hydrogen-bond acceptors (Lipinski definition) is 2. The zero-order valence-corrected chi connectivity index (χ0v) is 12.0. The summed E-state index contributed by atoms with van der Waals surface area (Å²) in [6.45, 7) is 4.54. The monoisotopic (exact) mass is 289 g/mol. The van der Waals surface area contributed by atoms with Gasteiger partial charge in [-0.15, -0.1) is 0 Å². The molecule has 18 heavy (non-hydrogen) atoms. The van der Waals surface area contributed by atoms with Crippen LogP contribution in [0, 0.1) is 5.41 Å². The Bertz CT molecular complexity index is 433. The largest absolute Gasteiger partial charge is 0.396 e. The van der Waals surface area contributed by atoms with Crippen LogP contribution >= 0.6 is 23.2 Å². The molecule has 2 N–H and O–H groups in total. The third kappa shape index (κ3) is 4.48. The van der Waals surface area contributed by atoms with Gasteiger partial charge in [-0.3, -0.25) is 4.79 Å². The first-order chi connectivity index (χ1) is 8.35. The predicted molar refractivity (Wildman–Crippen MR) is 74.3 cm³/mol. The molecule has 0 unspecified atom stereocenters. The summed E-state index contributed by atoms with van der Waals surface area (Å²) in [5.74, 6) is -0.234. The van der Waals surface area contributed by atoms with E-state index in [1.165, 1.54) is 6.07 Å². The Labute approximate surface area is 117 Å². The molecule has 0 aliphatic rings.